The van der Waals surface area contributed by atoms with Gasteiger partial charge in [-0.1, -0.05) is 18.2 Å². The summed E-state index contributed by atoms with van der Waals surface area (Å²) < 4.78 is 7.25. The van der Waals surface area contributed by atoms with Crippen LogP contribution in [-0.2, 0) is 6.54 Å². The third kappa shape index (κ3) is 3.34. The summed E-state index contributed by atoms with van der Waals surface area (Å²) in [4.78, 5) is 15.0. The summed E-state index contributed by atoms with van der Waals surface area (Å²) in [6.07, 6.45) is 2.11. The lowest BCUT2D eigenvalue weighted by Gasteiger charge is -2.09. The van der Waals surface area contributed by atoms with Crippen LogP contribution in [0.3, 0.4) is 0 Å². The Morgan fingerprint density at radius 2 is 2.11 bits per heavy atom. The molecule has 5 heteroatoms. The highest BCUT2D eigenvalue weighted by Gasteiger charge is 2.12. The van der Waals surface area contributed by atoms with Crippen molar-refractivity contribution in [2.75, 3.05) is 6.61 Å². The maximum absolute atomic E-state index is 11.0. The Morgan fingerprint density at radius 3 is 2.79 bits per heavy atom. The zero-order valence-electron chi connectivity index (χ0n) is 10.7. The van der Waals surface area contributed by atoms with E-state index in [4.69, 9.17) is 9.84 Å². The van der Waals surface area contributed by atoms with Gasteiger partial charge in [-0.3, -0.25) is 0 Å². The number of aromatic carboxylic acids is 1. The highest BCUT2D eigenvalue weighted by Crippen LogP contribution is 2.10. The molecule has 1 N–H and O–H groups in total. The molecule has 0 aliphatic heterocycles. The van der Waals surface area contributed by atoms with Gasteiger partial charge in [0.05, 0.1) is 12.8 Å². The molecule has 2 aromatic rings. The lowest BCUT2D eigenvalue weighted by Crippen LogP contribution is -2.12. The molecule has 19 heavy (non-hydrogen) atoms. The van der Waals surface area contributed by atoms with Crippen molar-refractivity contribution in [2.24, 2.45) is 0 Å². The standard InChI is InChI=1S/C14H16N2O3/c1-11-15-10-13(14(17)18)16(11)8-5-9-19-12-6-3-2-4-7-12/h2-4,6-7,10H,5,8-9H2,1H3,(H,17,18). The Kier molecular flexibility index (Phi) is 4.18. The van der Waals surface area contributed by atoms with Crippen LogP contribution in [0.15, 0.2) is 36.5 Å². The van der Waals surface area contributed by atoms with E-state index in [0.29, 0.717) is 19.0 Å². The van der Waals surface area contributed by atoms with Crippen molar-refractivity contribution >= 4 is 5.97 Å². The molecule has 0 saturated heterocycles. The van der Waals surface area contributed by atoms with Crippen LogP contribution in [0.4, 0.5) is 0 Å². The number of hydrogen-bond donors (Lipinski definition) is 1. The predicted molar refractivity (Wildman–Crippen MR) is 70.5 cm³/mol. The second kappa shape index (κ2) is 6.04. The summed E-state index contributed by atoms with van der Waals surface area (Å²) in [6.45, 7) is 2.92. The number of ether oxygens (including phenoxy) is 1. The average Bonchev–Trinajstić information content (AvgIpc) is 2.77. The number of hydrogen-bond acceptors (Lipinski definition) is 3. The first-order valence-electron chi connectivity index (χ1n) is 6.12. The highest BCUT2D eigenvalue weighted by atomic mass is 16.5. The minimum atomic E-state index is -0.954. The number of rotatable bonds is 6. The largest absolute Gasteiger partial charge is 0.494 e. The molecule has 1 aromatic carbocycles. The molecule has 0 aliphatic carbocycles. The van der Waals surface area contributed by atoms with E-state index in [9.17, 15) is 4.79 Å². The van der Waals surface area contributed by atoms with Crippen LogP contribution in [0.5, 0.6) is 5.75 Å². The van der Waals surface area contributed by atoms with Crippen LogP contribution in [0.2, 0.25) is 0 Å². The van der Waals surface area contributed by atoms with E-state index in [1.807, 2.05) is 30.3 Å². The summed E-state index contributed by atoms with van der Waals surface area (Å²) in [5.74, 6) is 0.574. The minimum Gasteiger partial charge on any atom is -0.494 e. The molecule has 5 nitrogen and oxygen atoms in total. The van der Waals surface area contributed by atoms with E-state index in [0.717, 1.165) is 12.2 Å². The van der Waals surface area contributed by atoms with Crippen molar-refractivity contribution in [1.82, 2.24) is 9.55 Å². The molecule has 0 aliphatic rings. The third-order valence-corrected chi connectivity index (χ3v) is 2.81. The van der Waals surface area contributed by atoms with Gasteiger partial charge in [-0.2, -0.15) is 0 Å². The van der Waals surface area contributed by atoms with E-state index in [2.05, 4.69) is 4.98 Å². The van der Waals surface area contributed by atoms with Gasteiger partial charge >= 0.3 is 5.97 Å². The van der Waals surface area contributed by atoms with Crippen LogP contribution < -0.4 is 4.74 Å². The molecule has 0 bridgehead atoms. The third-order valence-electron chi connectivity index (χ3n) is 2.81. The van der Waals surface area contributed by atoms with Crippen molar-refractivity contribution in [2.45, 2.75) is 19.9 Å². The molecule has 0 saturated carbocycles. The molecule has 0 amide bonds. The normalized spacial score (nSPS) is 10.4. The predicted octanol–water partition coefficient (Wildman–Crippen LogP) is 2.36. The van der Waals surface area contributed by atoms with Crippen molar-refractivity contribution < 1.29 is 14.6 Å². The number of aromatic nitrogens is 2. The van der Waals surface area contributed by atoms with Crippen molar-refractivity contribution in [3.05, 3.63) is 48.0 Å². The molecule has 2 rings (SSSR count). The van der Waals surface area contributed by atoms with Gasteiger partial charge in [0.1, 0.15) is 17.3 Å². The average molecular weight is 260 g/mol. The Morgan fingerprint density at radius 1 is 1.37 bits per heavy atom. The van der Waals surface area contributed by atoms with Crippen molar-refractivity contribution in [3.8, 4) is 5.75 Å². The zero-order chi connectivity index (χ0) is 13.7. The SMILES string of the molecule is Cc1ncc(C(=O)O)n1CCCOc1ccccc1. The number of carbonyl (C=O) groups is 1. The van der Waals surface area contributed by atoms with Crippen LogP contribution in [-0.4, -0.2) is 27.2 Å². The van der Waals surface area contributed by atoms with Gasteiger partial charge in [-0.15, -0.1) is 0 Å². The van der Waals surface area contributed by atoms with Crippen LogP contribution in [0.1, 0.15) is 22.7 Å². The van der Waals surface area contributed by atoms with E-state index < -0.39 is 5.97 Å². The lowest BCUT2D eigenvalue weighted by atomic mass is 10.3. The Labute approximate surface area is 111 Å². The van der Waals surface area contributed by atoms with E-state index in [1.54, 1.807) is 11.5 Å². The van der Waals surface area contributed by atoms with Gasteiger partial charge < -0.3 is 14.4 Å². The fourth-order valence-electron chi connectivity index (χ4n) is 1.85. The molecule has 0 fully saturated rings. The fraction of sp³-hybridized carbons (Fsp3) is 0.286. The van der Waals surface area contributed by atoms with Crippen LogP contribution in [0, 0.1) is 6.92 Å². The van der Waals surface area contributed by atoms with Crippen LogP contribution in [0.25, 0.3) is 0 Å². The first-order valence-corrected chi connectivity index (χ1v) is 6.12. The number of carboxylic acids is 1. The number of carboxylic acid groups (broad SMARTS) is 1. The van der Waals surface area contributed by atoms with Gasteiger partial charge in [0.2, 0.25) is 0 Å². The summed E-state index contributed by atoms with van der Waals surface area (Å²) in [5.41, 5.74) is 0.220. The Bertz CT molecular complexity index is 549. The van der Waals surface area contributed by atoms with E-state index >= 15 is 0 Å². The van der Waals surface area contributed by atoms with Crippen molar-refractivity contribution in [1.29, 1.82) is 0 Å². The molecule has 1 heterocycles. The summed E-state index contributed by atoms with van der Waals surface area (Å²) >= 11 is 0. The minimum absolute atomic E-state index is 0.220. The van der Waals surface area contributed by atoms with Gasteiger partial charge in [-0.05, 0) is 25.5 Å². The van der Waals surface area contributed by atoms with E-state index in [1.165, 1.54) is 6.20 Å². The lowest BCUT2D eigenvalue weighted by molar-refractivity contribution is 0.0684. The monoisotopic (exact) mass is 260 g/mol. The van der Waals surface area contributed by atoms with Gasteiger partial charge in [-0.25, -0.2) is 9.78 Å². The smallest absolute Gasteiger partial charge is 0.354 e. The first-order chi connectivity index (χ1) is 9.18. The Hall–Kier alpha value is -2.30. The highest BCUT2D eigenvalue weighted by molar-refractivity contribution is 5.85. The number of nitrogens with zero attached hydrogens (tertiary/aromatic N) is 2. The zero-order valence-corrected chi connectivity index (χ0v) is 10.7. The maximum Gasteiger partial charge on any atom is 0.354 e. The molecule has 100 valence electrons. The molecule has 1 aromatic heterocycles. The molecule has 0 unspecified atom stereocenters. The molecule has 0 atom stereocenters. The topological polar surface area (TPSA) is 64.3 Å². The van der Waals surface area contributed by atoms with Gasteiger partial charge in [0.15, 0.2) is 0 Å². The molecular weight excluding hydrogens is 244 g/mol. The van der Waals surface area contributed by atoms with Crippen molar-refractivity contribution in [3.63, 3.8) is 0 Å². The molecular formula is C14H16N2O3. The van der Waals surface area contributed by atoms with Crippen LogP contribution >= 0.6 is 0 Å². The Balaban J connectivity index is 1.86. The summed E-state index contributed by atoms with van der Waals surface area (Å²) in [6, 6.07) is 9.55. The molecule has 0 radical (unpaired) electrons. The summed E-state index contributed by atoms with van der Waals surface area (Å²) in [5, 5.41) is 9.02. The van der Waals surface area contributed by atoms with Gasteiger partial charge in [0, 0.05) is 6.54 Å². The first kappa shape index (κ1) is 13.1. The van der Waals surface area contributed by atoms with Gasteiger partial charge in [0.25, 0.3) is 0 Å². The van der Waals surface area contributed by atoms with E-state index in [-0.39, 0.29) is 5.69 Å². The summed E-state index contributed by atoms with van der Waals surface area (Å²) in [7, 11) is 0. The number of para-hydroxylation sites is 1. The quantitative estimate of drug-likeness (QED) is 0.810. The second-order valence-electron chi connectivity index (χ2n) is 4.16. The number of imidazole rings is 1. The molecule has 0 spiro atoms. The number of aryl methyl sites for hydroxylation is 1. The number of benzene rings is 1. The maximum atomic E-state index is 11.0. The second-order valence-corrected chi connectivity index (χ2v) is 4.16. The fourth-order valence-corrected chi connectivity index (χ4v) is 1.85.